The molecule has 94 valence electrons. The first-order valence-electron chi connectivity index (χ1n) is 4.57. The lowest BCUT2D eigenvalue weighted by Crippen LogP contribution is -2.17. The van der Waals surface area contributed by atoms with Gasteiger partial charge in [0.25, 0.3) is 0 Å². The molecule has 0 unspecified atom stereocenters. The molecule has 0 saturated heterocycles. The molecule has 0 saturated carbocycles. The first-order chi connectivity index (χ1) is 8.12. The van der Waals surface area contributed by atoms with E-state index in [0.717, 1.165) is 6.26 Å². The number of methoxy groups -OCH3 is 2. The lowest BCUT2D eigenvalue weighted by atomic mass is 10.2. The van der Waals surface area contributed by atoms with Gasteiger partial charge in [-0.1, -0.05) is 0 Å². The third-order valence-corrected chi connectivity index (χ3v) is 1.72. The summed E-state index contributed by atoms with van der Waals surface area (Å²) in [5.74, 6) is 0.152. The number of nitrogens with zero attached hydrogens (tertiary/aromatic N) is 1. The van der Waals surface area contributed by atoms with Crippen molar-refractivity contribution in [2.45, 2.75) is 0 Å². The fourth-order valence-corrected chi connectivity index (χ4v) is 1.06. The summed E-state index contributed by atoms with van der Waals surface area (Å²) in [6.07, 6.45) is 3.99. The van der Waals surface area contributed by atoms with Crippen LogP contribution in [0.15, 0.2) is 35.6 Å². The van der Waals surface area contributed by atoms with Crippen molar-refractivity contribution in [2.75, 3.05) is 21.3 Å². The molecule has 0 bridgehead atoms. The van der Waals surface area contributed by atoms with Crippen molar-refractivity contribution in [3.05, 3.63) is 45.7 Å². The van der Waals surface area contributed by atoms with E-state index in [2.05, 4.69) is 10.1 Å². The molecule has 1 N–H and O–H groups in total. The van der Waals surface area contributed by atoms with E-state index in [0.29, 0.717) is 6.29 Å². The Labute approximate surface area is 98.5 Å². The minimum absolute atomic E-state index is 0.109. The number of ether oxygens (including phenoxy) is 2. The standard InChI is InChI=1S/C10H14N2O5/c1-11-10(8(7-16-2)12(14)15)9(17-3)5-4-6-13/h4-7,11H,1-3H3/b5-4+,8-7+,10-9-. The van der Waals surface area contributed by atoms with Crippen LogP contribution in [-0.4, -0.2) is 32.5 Å². The van der Waals surface area contributed by atoms with E-state index in [-0.39, 0.29) is 17.2 Å². The van der Waals surface area contributed by atoms with E-state index in [4.69, 9.17) is 4.74 Å². The number of nitro groups is 1. The number of carbonyl (C=O) groups is 1. The van der Waals surface area contributed by atoms with Gasteiger partial charge in [0.1, 0.15) is 12.0 Å². The maximum atomic E-state index is 10.8. The van der Waals surface area contributed by atoms with E-state index in [9.17, 15) is 14.9 Å². The minimum atomic E-state index is -0.622. The first-order valence-corrected chi connectivity index (χ1v) is 4.57. The Morgan fingerprint density at radius 2 is 2.06 bits per heavy atom. The smallest absolute Gasteiger partial charge is 0.330 e. The summed E-state index contributed by atoms with van der Waals surface area (Å²) in [4.78, 5) is 20.4. The molecule has 0 radical (unpaired) electrons. The number of nitrogens with one attached hydrogen (secondary N) is 1. The van der Waals surface area contributed by atoms with Crippen LogP contribution in [0.4, 0.5) is 0 Å². The molecule has 0 aromatic carbocycles. The number of aldehydes is 1. The van der Waals surface area contributed by atoms with Crippen LogP contribution in [0, 0.1) is 10.1 Å². The van der Waals surface area contributed by atoms with Crippen LogP contribution < -0.4 is 5.32 Å². The molecular formula is C10H14N2O5. The maximum absolute atomic E-state index is 10.8. The number of allylic oxidation sites excluding steroid dienone is 2. The Morgan fingerprint density at radius 3 is 2.41 bits per heavy atom. The van der Waals surface area contributed by atoms with Crippen molar-refractivity contribution in [2.24, 2.45) is 0 Å². The second-order valence-corrected chi connectivity index (χ2v) is 2.68. The highest BCUT2D eigenvalue weighted by atomic mass is 16.6. The van der Waals surface area contributed by atoms with Crippen molar-refractivity contribution in [3.8, 4) is 0 Å². The number of hydrogen-bond acceptors (Lipinski definition) is 6. The molecule has 17 heavy (non-hydrogen) atoms. The van der Waals surface area contributed by atoms with Gasteiger partial charge < -0.3 is 14.8 Å². The molecule has 0 spiro atoms. The highest BCUT2D eigenvalue weighted by molar-refractivity contribution is 5.65. The zero-order valence-corrected chi connectivity index (χ0v) is 9.80. The summed E-state index contributed by atoms with van der Waals surface area (Å²) in [6.45, 7) is 0. The van der Waals surface area contributed by atoms with Crippen molar-refractivity contribution < 1.29 is 19.2 Å². The first kappa shape index (κ1) is 14.7. The van der Waals surface area contributed by atoms with Gasteiger partial charge in [-0.3, -0.25) is 14.9 Å². The van der Waals surface area contributed by atoms with Crippen molar-refractivity contribution >= 4 is 6.29 Å². The van der Waals surface area contributed by atoms with Gasteiger partial charge in [0, 0.05) is 7.05 Å². The zero-order valence-electron chi connectivity index (χ0n) is 9.80. The molecule has 0 aromatic rings. The van der Waals surface area contributed by atoms with Crippen LogP contribution >= 0.6 is 0 Å². The quantitative estimate of drug-likeness (QED) is 0.175. The zero-order chi connectivity index (χ0) is 13.3. The highest BCUT2D eigenvalue weighted by Gasteiger charge is 2.21. The van der Waals surface area contributed by atoms with Crippen LogP contribution in [0.25, 0.3) is 0 Å². The van der Waals surface area contributed by atoms with Crippen LogP contribution in [0.5, 0.6) is 0 Å². The Balaban J connectivity index is 5.58. The van der Waals surface area contributed by atoms with E-state index >= 15 is 0 Å². The largest absolute Gasteiger partial charge is 0.497 e. The third kappa shape index (κ3) is 4.37. The summed E-state index contributed by atoms with van der Waals surface area (Å²) in [5.41, 5.74) is -0.195. The van der Waals surface area contributed by atoms with Crippen molar-refractivity contribution in [1.29, 1.82) is 0 Å². The summed E-state index contributed by atoms with van der Waals surface area (Å²) < 4.78 is 9.57. The van der Waals surface area contributed by atoms with E-state index in [1.807, 2.05) is 0 Å². The molecule has 0 aromatic heterocycles. The van der Waals surface area contributed by atoms with Crippen molar-refractivity contribution in [1.82, 2.24) is 5.32 Å². The van der Waals surface area contributed by atoms with Crippen LogP contribution in [-0.2, 0) is 14.3 Å². The predicted octanol–water partition coefficient (Wildman–Crippen LogP) is 0.583. The van der Waals surface area contributed by atoms with Gasteiger partial charge in [-0.15, -0.1) is 0 Å². The van der Waals surface area contributed by atoms with Gasteiger partial charge in [-0.05, 0) is 12.2 Å². The van der Waals surface area contributed by atoms with E-state index in [1.54, 1.807) is 0 Å². The molecule has 0 aliphatic heterocycles. The molecule has 0 aliphatic carbocycles. The molecule has 0 amide bonds. The highest BCUT2D eigenvalue weighted by Crippen LogP contribution is 2.14. The number of carbonyl (C=O) groups excluding carboxylic acids is 1. The second-order valence-electron chi connectivity index (χ2n) is 2.68. The van der Waals surface area contributed by atoms with Crippen LogP contribution in [0.3, 0.4) is 0 Å². The number of likely N-dealkylation sites (N-methyl/N-ethyl adjacent to an activating group) is 1. The summed E-state index contributed by atoms with van der Waals surface area (Å²) >= 11 is 0. The van der Waals surface area contributed by atoms with E-state index in [1.165, 1.54) is 33.4 Å². The fraction of sp³-hybridized carbons (Fsp3) is 0.300. The topological polar surface area (TPSA) is 90.7 Å². The van der Waals surface area contributed by atoms with Gasteiger partial charge in [-0.25, -0.2) is 0 Å². The Morgan fingerprint density at radius 1 is 1.41 bits per heavy atom. The monoisotopic (exact) mass is 242 g/mol. The third-order valence-electron chi connectivity index (χ3n) is 1.72. The number of hydrogen-bond donors (Lipinski definition) is 1. The van der Waals surface area contributed by atoms with Gasteiger partial charge in [0.15, 0.2) is 12.0 Å². The Kier molecular flexibility index (Phi) is 6.84. The lowest BCUT2D eigenvalue weighted by Gasteiger charge is -2.08. The molecule has 7 heteroatoms. The predicted molar refractivity (Wildman–Crippen MR) is 60.4 cm³/mol. The second kappa shape index (κ2) is 7.91. The molecular weight excluding hydrogens is 228 g/mol. The SMILES string of the molecule is CNC(=C(/C=C/C=O)OC)/C(=C\OC)[N+](=O)[O-]. The average molecular weight is 242 g/mol. The van der Waals surface area contributed by atoms with Crippen LogP contribution in [0.2, 0.25) is 0 Å². The lowest BCUT2D eigenvalue weighted by molar-refractivity contribution is -0.423. The van der Waals surface area contributed by atoms with Gasteiger partial charge in [-0.2, -0.15) is 0 Å². The summed E-state index contributed by atoms with van der Waals surface area (Å²) in [7, 11) is 4.13. The van der Waals surface area contributed by atoms with Gasteiger partial charge in [0.2, 0.25) is 0 Å². The van der Waals surface area contributed by atoms with Crippen LogP contribution in [0.1, 0.15) is 0 Å². The molecule has 0 rings (SSSR count). The van der Waals surface area contributed by atoms with Gasteiger partial charge in [0.05, 0.1) is 19.1 Å². The maximum Gasteiger partial charge on any atom is 0.330 e. The van der Waals surface area contributed by atoms with Crippen molar-refractivity contribution in [3.63, 3.8) is 0 Å². The minimum Gasteiger partial charge on any atom is -0.497 e. The molecule has 0 heterocycles. The summed E-state index contributed by atoms with van der Waals surface area (Å²) in [5, 5.41) is 13.4. The summed E-state index contributed by atoms with van der Waals surface area (Å²) in [6, 6.07) is 0. The van der Waals surface area contributed by atoms with E-state index < -0.39 is 4.92 Å². The molecule has 0 aliphatic rings. The molecule has 7 nitrogen and oxygen atoms in total. The molecule has 0 atom stereocenters. The normalized spacial score (nSPS) is 13.0. The number of rotatable bonds is 7. The van der Waals surface area contributed by atoms with Gasteiger partial charge >= 0.3 is 5.70 Å². The fourth-order valence-electron chi connectivity index (χ4n) is 1.06. The average Bonchev–Trinajstić information content (AvgIpc) is 2.32. The Bertz CT molecular complexity index is 371. The molecule has 0 fully saturated rings. The Hall–Kier alpha value is -2.31.